The second-order valence-corrected chi connectivity index (χ2v) is 7.41. The zero-order valence-corrected chi connectivity index (χ0v) is 16.5. The Hall–Kier alpha value is -3.33. The zero-order chi connectivity index (χ0) is 20.2. The second kappa shape index (κ2) is 8.36. The van der Waals surface area contributed by atoms with E-state index in [9.17, 15) is 4.79 Å². The Bertz CT molecular complexity index is 1040. The Morgan fingerprint density at radius 1 is 0.931 bits per heavy atom. The number of aromatic carboxylic acids is 1. The molecule has 0 amide bonds. The van der Waals surface area contributed by atoms with Gasteiger partial charge in [-0.2, -0.15) is 0 Å². The predicted molar refractivity (Wildman–Crippen MR) is 116 cm³/mol. The van der Waals surface area contributed by atoms with Crippen LogP contribution in [0.1, 0.15) is 38.2 Å². The first kappa shape index (κ1) is 19.0. The number of fused-ring (bicyclic) bond motifs is 1. The number of ether oxygens (including phenoxy) is 1. The summed E-state index contributed by atoms with van der Waals surface area (Å²) in [5.74, 6) is -0.00472. The molecule has 0 bridgehead atoms. The number of rotatable bonds is 7. The molecule has 0 aromatic heterocycles. The van der Waals surface area contributed by atoms with Gasteiger partial charge in [-0.05, 0) is 83.3 Å². The summed E-state index contributed by atoms with van der Waals surface area (Å²) in [7, 11) is 1.69. The van der Waals surface area contributed by atoms with Crippen LogP contribution < -0.4 is 4.74 Å². The van der Waals surface area contributed by atoms with Gasteiger partial charge < -0.3 is 9.84 Å². The minimum absolute atomic E-state index is 0.332. The van der Waals surface area contributed by atoms with Crippen molar-refractivity contribution < 1.29 is 14.6 Å². The molecule has 1 aliphatic rings. The van der Waals surface area contributed by atoms with Crippen LogP contribution >= 0.6 is 0 Å². The van der Waals surface area contributed by atoms with Crippen molar-refractivity contribution in [3.8, 4) is 5.75 Å². The fourth-order valence-electron chi connectivity index (χ4n) is 4.00. The Kier molecular flexibility index (Phi) is 5.48. The summed E-state index contributed by atoms with van der Waals surface area (Å²) in [4.78, 5) is 11.0. The number of benzene rings is 3. The quantitative estimate of drug-likeness (QED) is 0.596. The number of aryl methyl sites for hydroxylation is 2. The largest absolute Gasteiger partial charge is 0.497 e. The molecule has 4 rings (SSSR count). The average molecular weight is 384 g/mol. The van der Waals surface area contributed by atoms with Gasteiger partial charge in [0, 0.05) is 0 Å². The summed E-state index contributed by atoms with van der Waals surface area (Å²) in [6.45, 7) is 0. The molecule has 0 spiro atoms. The van der Waals surface area contributed by atoms with Crippen LogP contribution in [0, 0.1) is 0 Å². The lowest BCUT2D eigenvalue weighted by molar-refractivity contribution is 0.0697. The molecule has 0 aliphatic heterocycles. The van der Waals surface area contributed by atoms with E-state index < -0.39 is 5.97 Å². The average Bonchev–Trinajstić information content (AvgIpc) is 3.16. The van der Waals surface area contributed by atoms with Crippen LogP contribution in [0.5, 0.6) is 5.75 Å². The lowest BCUT2D eigenvalue weighted by Gasteiger charge is -2.13. The zero-order valence-electron chi connectivity index (χ0n) is 16.5. The number of hydrogen-bond acceptors (Lipinski definition) is 2. The van der Waals surface area contributed by atoms with Crippen molar-refractivity contribution in [1.29, 1.82) is 0 Å². The highest BCUT2D eigenvalue weighted by molar-refractivity contribution is 5.87. The van der Waals surface area contributed by atoms with Crippen LogP contribution in [-0.2, 0) is 25.7 Å². The van der Waals surface area contributed by atoms with Gasteiger partial charge in [0.15, 0.2) is 0 Å². The molecule has 1 N–H and O–H groups in total. The molecule has 146 valence electrons. The molecule has 0 radical (unpaired) electrons. The molecule has 0 heterocycles. The fourth-order valence-corrected chi connectivity index (χ4v) is 4.00. The Morgan fingerprint density at radius 2 is 1.66 bits per heavy atom. The summed E-state index contributed by atoms with van der Waals surface area (Å²) < 4.78 is 5.26. The molecule has 0 saturated heterocycles. The Balaban J connectivity index is 1.50. The number of hydrogen-bond donors (Lipinski definition) is 1. The molecule has 0 atom stereocenters. The van der Waals surface area contributed by atoms with Gasteiger partial charge >= 0.3 is 5.97 Å². The molecule has 0 saturated carbocycles. The number of methoxy groups -OCH3 is 1. The van der Waals surface area contributed by atoms with Gasteiger partial charge in [-0.3, -0.25) is 0 Å². The SMILES string of the molecule is COc1ccc(CC2=CCc3cccc(CCc4ccc(C(=O)O)cc4)c32)cc1. The highest BCUT2D eigenvalue weighted by Crippen LogP contribution is 2.34. The van der Waals surface area contributed by atoms with Crippen LogP contribution in [0.3, 0.4) is 0 Å². The lowest BCUT2D eigenvalue weighted by Crippen LogP contribution is -2.00. The van der Waals surface area contributed by atoms with Crippen molar-refractivity contribution in [2.75, 3.05) is 7.11 Å². The third-order valence-electron chi connectivity index (χ3n) is 5.56. The van der Waals surface area contributed by atoms with Crippen molar-refractivity contribution in [2.45, 2.75) is 25.7 Å². The molecular weight excluding hydrogens is 360 g/mol. The topological polar surface area (TPSA) is 46.5 Å². The molecule has 0 fully saturated rings. The Labute approximate surface area is 171 Å². The van der Waals surface area contributed by atoms with Crippen molar-refractivity contribution in [2.24, 2.45) is 0 Å². The molecule has 3 heteroatoms. The maximum atomic E-state index is 11.0. The standard InChI is InChI=1S/C26H24O3/c1-29-24-15-8-19(9-16-24)17-23-14-13-21-4-2-3-20(25(21)23)10-5-18-6-11-22(12-7-18)26(27)28/h2-4,6-9,11-12,14-16H,5,10,13,17H2,1H3,(H,27,28). The molecule has 29 heavy (non-hydrogen) atoms. The molecule has 0 unspecified atom stereocenters. The molecule has 3 aromatic carbocycles. The van der Waals surface area contributed by atoms with E-state index in [1.165, 1.54) is 27.8 Å². The summed E-state index contributed by atoms with van der Waals surface area (Å²) in [6, 6.07) is 22.1. The maximum Gasteiger partial charge on any atom is 0.335 e. The first-order valence-electron chi connectivity index (χ1n) is 9.89. The summed E-state index contributed by atoms with van der Waals surface area (Å²) in [6.07, 6.45) is 6.09. The Morgan fingerprint density at radius 3 is 2.34 bits per heavy atom. The normalized spacial score (nSPS) is 12.4. The number of carboxylic acids is 1. The van der Waals surface area contributed by atoms with Gasteiger partial charge in [-0.1, -0.05) is 48.5 Å². The van der Waals surface area contributed by atoms with E-state index in [0.29, 0.717) is 5.56 Å². The van der Waals surface area contributed by atoms with Crippen molar-refractivity contribution in [3.63, 3.8) is 0 Å². The predicted octanol–water partition coefficient (Wildman–Crippen LogP) is 5.36. The number of carboxylic acid groups (broad SMARTS) is 1. The van der Waals surface area contributed by atoms with Crippen molar-refractivity contribution in [1.82, 2.24) is 0 Å². The van der Waals surface area contributed by atoms with Crippen molar-refractivity contribution in [3.05, 3.63) is 106 Å². The van der Waals surface area contributed by atoms with Crippen LogP contribution in [0.4, 0.5) is 0 Å². The van der Waals surface area contributed by atoms with Crippen LogP contribution in [0.2, 0.25) is 0 Å². The smallest absolute Gasteiger partial charge is 0.335 e. The third kappa shape index (κ3) is 4.24. The van der Waals surface area contributed by atoms with Crippen LogP contribution in [-0.4, -0.2) is 18.2 Å². The van der Waals surface area contributed by atoms with Gasteiger partial charge in [0.1, 0.15) is 5.75 Å². The van der Waals surface area contributed by atoms with E-state index in [1.54, 1.807) is 19.2 Å². The minimum atomic E-state index is -0.884. The monoisotopic (exact) mass is 384 g/mol. The van der Waals surface area contributed by atoms with Crippen LogP contribution in [0.15, 0.2) is 72.8 Å². The molecule has 1 aliphatic carbocycles. The summed E-state index contributed by atoms with van der Waals surface area (Å²) in [5, 5.41) is 9.06. The molecule has 3 nitrogen and oxygen atoms in total. The summed E-state index contributed by atoms with van der Waals surface area (Å²) in [5.41, 5.74) is 8.32. The van der Waals surface area contributed by atoms with Gasteiger partial charge in [0.05, 0.1) is 12.7 Å². The maximum absolute atomic E-state index is 11.0. The highest BCUT2D eigenvalue weighted by atomic mass is 16.5. The van der Waals surface area contributed by atoms with E-state index in [-0.39, 0.29) is 0 Å². The van der Waals surface area contributed by atoms with Crippen LogP contribution in [0.25, 0.3) is 5.57 Å². The van der Waals surface area contributed by atoms with Gasteiger partial charge in [0.2, 0.25) is 0 Å². The van der Waals surface area contributed by atoms with E-state index in [0.717, 1.165) is 37.0 Å². The summed E-state index contributed by atoms with van der Waals surface area (Å²) >= 11 is 0. The third-order valence-corrected chi connectivity index (χ3v) is 5.56. The highest BCUT2D eigenvalue weighted by Gasteiger charge is 2.18. The fraction of sp³-hybridized carbons (Fsp3) is 0.192. The van der Waals surface area contributed by atoms with Gasteiger partial charge in [-0.15, -0.1) is 0 Å². The number of carbonyl (C=O) groups is 1. The second-order valence-electron chi connectivity index (χ2n) is 7.41. The molecular formula is C26H24O3. The first-order chi connectivity index (χ1) is 14.1. The molecule has 3 aromatic rings. The number of allylic oxidation sites excluding steroid dienone is 2. The van der Waals surface area contributed by atoms with E-state index >= 15 is 0 Å². The van der Waals surface area contributed by atoms with E-state index in [2.05, 4.69) is 36.4 Å². The first-order valence-corrected chi connectivity index (χ1v) is 9.89. The van der Waals surface area contributed by atoms with Crippen molar-refractivity contribution >= 4 is 11.5 Å². The lowest BCUT2D eigenvalue weighted by atomic mass is 9.91. The minimum Gasteiger partial charge on any atom is -0.497 e. The van der Waals surface area contributed by atoms with E-state index in [1.807, 2.05) is 24.3 Å². The van der Waals surface area contributed by atoms with E-state index in [4.69, 9.17) is 9.84 Å². The van der Waals surface area contributed by atoms with Gasteiger partial charge in [0.25, 0.3) is 0 Å². The van der Waals surface area contributed by atoms with Gasteiger partial charge in [-0.25, -0.2) is 4.79 Å².